The molecule has 0 atom stereocenters. The number of piperazine rings is 1. The number of nitrogens with zero attached hydrogens (tertiary/aromatic N) is 3. The van der Waals surface area contributed by atoms with Gasteiger partial charge in [0.15, 0.2) is 0 Å². The molecule has 2 aromatic rings. The van der Waals surface area contributed by atoms with Crippen LogP contribution in [0.5, 0.6) is 0 Å². The van der Waals surface area contributed by atoms with Gasteiger partial charge in [-0.1, -0.05) is 36.4 Å². The summed E-state index contributed by atoms with van der Waals surface area (Å²) in [7, 11) is 2.08. The molecule has 0 unspecified atom stereocenters. The first-order valence-corrected chi connectivity index (χ1v) is 10.1. The van der Waals surface area contributed by atoms with Crippen molar-refractivity contribution in [3.05, 3.63) is 70.4 Å². The van der Waals surface area contributed by atoms with Gasteiger partial charge >= 0.3 is 0 Å². The lowest BCUT2D eigenvalue weighted by atomic mass is 9.99. The summed E-state index contributed by atoms with van der Waals surface area (Å²) >= 11 is 0. The van der Waals surface area contributed by atoms with Crippen LogP contribution in [0, 0.1) is 20.8 Å². The van der Waals surface area contributed by atoms with Gasteiger partial charge in [-0.25, -0.2) is 4.90 Å². The molecule has 150 valence electrons. The molecule has 29 heavy (non-hydrogen) atoms. The number of aryl methyl sites for hydroxylation is 3. The predicted molar refractivity (Wildman–Crippen MR) is 116 cm³/mol. The summed E-state index contributed by atoms with van der Waals surface area (Å²) in [6.07, 6.45) is 0. The third-order valence-electron chi connectivity index (χ3n) is 6.03. The molecule has 2 aliphatic heterocycles. The first kappa shape index (κ1) is 19.4. The third kappa shape index (κ3) is 3.36. The average molecular weight is 389 g/mol. The molecule has 0 N–H and O–H groups in total. The highest BCUT2D eigenvalue weighted by Gasteiger charge is 2.43. The fourth-order valence-corrected chi connectivity index (χ4v) is 4.03. The molecule has 0 radical (unpaired) electrons. The van der Waals surface area contributed by atoms with Crippen molar-refractivity contribution in [2.75, 3.05) is 38.1 Å². The lowest BCUT2D eigenvalue weighted by Gasteiger charge is -2.34. The molecule has 0 spiro atoms. The van der Waals surface area contributed by atoms with Gasteiger partial charge < -0.3 is 9.80 Å². The van der Waals surface area contributed by atoms with Crippen LogP contribution in [0.2, 0.25) is 0 Å². The van der Waals surface area contributed by atoms with Gasteiger partial charge in [-0.2, -0.15) is 0 Å². The van der Waals surface area contributed by atoms with Crippen LogP contribution in [-0.4, -0.2) is 54.8 Å². The first-order valence-electron chi connectivity index (χ1n) is 10.1. The number of likely N-dealkylation sites (N-methyl/N-ethyl adjacent to an activating group) is 1. The van der Waals surface area contributed by atoms with Crippen LogP contribution in [0.3, 0.4) is 0 Å². The van der Waals surface area contributed by atoms with Gasteiger partial charge in [0.2, 0.25) is 0 Å². The molecule has 0 aromatic heterocycles. The van der Waals surface area contributed by atoms with E-state index >= 15 is 0 Å². The van der Waals surface area contributed by atoms with E-state index in [0.717, 1.165) is 42.9 Å². The van der Waals surface area contributed by atoms with Gasteiger partial charge in [0, 0.05) is 26.2 Å². The second kappa shape index (κ2) is 7.48. The van der Waals surface area contributed by atoms with Crippen molar-refractivity contribution in [1.82, 2.24) is 9.80 Å². The number of carbonyl (C=O) groups excluding carboxylic acids is 2. The highest BCUT2D eigenvalue weighted by Crippen LogP contribution is 2.36. The van der Waals surface area contributed by atoms with Crippen molar-refractivity contribution in [1.29, 1.82) is 0 Å². The molecule has 2 aliphatic rings. The van der Waals surface area contributed by atoms with Gasteiger partial charge in [0.25, 0.3) is 11.8 Å². The number of anilines is 1. The maximum Gasteiger partial charge on any atom is 0.282 e. The maximum atomic E-state index is 13.6. The Labute approximate surface area is 172 Å². The summed E-state index contributed by atoms with van der Waals surface area (Å²) in [4.78, 5) is 32.9. The molecule has 0 saturated carbocycles. The Kier molecular flexibility index (Phi) is 5.01. The van der Waals surface area contributed by atoms with Crippen molar-refractivity contribution in [3.63, 3.8) is 0 Å². The van der Waals surface area contributed by atoms with Crippen LogP contribution in [0.1, 0.15) is 22.3 Å². The van der Waals surface area contributed by atoms with E-state index in [4.69, 9.17) is 0 Å². The Balaban J connectivity index is 1.85. The quantitative estimate of drug-likeness (QED) is 0.757. The summed E-state index contributed by atoms with van der Waals surface area (Å²) in [6.45, 7) is 9.23. The number of carbonyl (C=O) groups is 2. The molecule has 1 fully saturated rings. The van der Waals surface area contributed by atoms with E-state index in [-0.39, 0.29) is 11.8 Å². The largest absolute Gasteiger partial charge is 0.364 e. The molecule has 5 nitrogen and oxygen atoms in total. The fraction of sp³-hybridized carbons (Fsp3) is 0.333. The minimum Gasteiger partial charge on any atom is -0.364 e. The van der Waals surface area contributed by atoms with Gasteiger partial charge in [-0.3, -0.25) is 9.59 Å². The van der Waals surface area contributed by atoms with Crippen molar-refractivity contribution in [2.45, 2.75) is 20.8 Å². The predicted octanol–water partition coefficient (Wildman–Crippen LogP) is 3.14. The summed E-state index contributed by atoms with van der Waals surface area (Å²) in [6, 6.07) is 13.6. The van der Waals surface area contributed by atoms with Gasteiger partial charge in [-0.05, 0) is 56.1 Å². The molecule has 2 aromatic carbocycles. The maximum absolute atomic E-state index is 13.6. The SMILES string of the molecule is Cc1ccc(C2=C(N3CCN(C)CC3)C(=O)N(c3ccccc3C)C2=O)cc1C. The number of benzene rings is 2. The zero-order chi connectivity index (χ0) is 20.7. The Morgan fingerprint density at radius 3 is 2.10 bits per heavy atom. The average Bonchev–Trinajstić information content (AvgIpc) is 2.96. The number of para-hydroxylation sites is 1. The van der Waals surface area contributed by atoms with Crippen LogP contribution >= 0.6 is 0 Å². The standard InChI is InChI=1S/C24H27N3O2/c1-16-9-10-19(15-18(16)3)21-22(26-13-11-25(4)12-14-26)24(29)27(23(21)28)20-8-6-5-7-17(20)2/h5-10,15H,11-14H2,1-4H3. The van der Waals surface area contributed by atoms with Crippen molar-refractivity contribution >= 4 is 23.1 Å². The minimum atomic E-state index is -0.235. The molecule has 4 rings (SSSR count). The Morgan fingerprint density at radius 2 is 1.45 bits per heavy atom. The monoisotopic (exact) mass is 389 g/mol. The Bertz CT molecular complexity index is 1020. The summed E-state index contributed by atoms with van der Waals surface area (Å²) in [5.74, 6) is -0.455. The van der Waals surface area contributed by atoms with E-state index in [2.05, 4.69) is 23.8 Å². The lowest BCUT2D eigenvalue weighted by Crippen LogP contribution is -2.46. The second-order valence-electron chi connectivity index (χ2n) is 8.05. The minimum absolute atomic E-state index is 0.220. The lowest BCUT2D eigenvalue weighted by molar-refractivity contribution is -0.120. The number of imide groups is 1. The molecule has 1 saturated heterocycles. The van der Waals surface area contributed by atoms with Crippen LogP contribution in [0.15, 0.2) is 48.2 Å². The van der Waals surface area contributed by atoms with E-state index in [1.807, 2.05) is 56.3 Å². The molecule has 2 amide bonds. The highest BCUT2D eigenvalue weighted by molar-refractivity contribution is 6.45. The fourth-order valence-electron chi connectivity index (χ4n) is 4.03. The third-order valence-corrected chi connectivity index (χ3v) is 6.03. The number of rotatable bonds is 3. The Morgan fingerprint density at radius 1 is 0.759 bits per heavy atom. The summed E-state index contributed by atoms with van der Waals surface area (Å²) < 4.78 is 0. The van der Waals surface area contributed by atoms with Crippen LogP contribution in [0.4, 0.5) is 5.69 Å². The van der Waals surface area contributed by atoms with E-state index in [1.54, 1.807) is 0 Å². The molecular formula is C24H27N3O2. The van der Waals surface area contributed by atoms with Gasteiger partial charge in [0.05, 0.1) is 11.3 Å². The summed E-state index contributed by atoms with van der Waals surface area (Å²) in [5.41, 5.74) is 5.73. The zero-order valence-corrected chi connectivity index (χ0v) is 17.5. The van der Waals surface area contributed by atoms with E-state index in [1.165, 1.54) is 10.5 Å². The van der Waals surface area contributed by atoms with Crippen LogP contribution < -0.4 is 4.90 Å². The second-order valence-corrected chi connectivity index (χ2v) is 8.05. The van der Waals surface area contributed by atoms with E-state index < -0.39 is 0 Å². The van der Waals surface area contributed by atoms with Crippen molar-refractivity contribution in [2.24, 2.45) is 0 Å². The smallest absolute Gasteiger partial charge is 0.282 e. The molecule has 5 heteroatoms. The number of hydrogen-bond donors (Lipinski definition) is 0. The molecular weight excluding hydrogens is 362 g/mol. The van der Waals surface area contributed by atoms with E-state index in [9.17, 15) is 9.59 Å². The molecule has 0 bridgehead atoms. The normalized spacial score (nSPS) is 18.2. The Hall–Kier alpha value is -2.92. The molecule has 0 aliphatic carbocycles. The van der Waals surface area contributed by atoms with Crippen molar-refractivity contribution in [3.8, 4) is 0 Å². The zero-order valence-electron chi connectivity index (χ0n) is 17.5. The van der Waals surface area contributed by atoms with Gasteiger partial charge in [-0.15, -0.1) is 0 Å². The highest BCUT2D eigenvalue weighted by atomic mass is 16.2. The van der Waals surface area contributed by atoms with Crippen LogP contribution in [-0.2, 0) is 9.59 Å². The van der Waals surface area contributed by atoms with Crippen LogP contribution in [0.25, 0.3) is 5.57 Å². The number of amides is 2. The topological polar surface area (TPSA) is 43.9 Å². The van der Waals surface area contributed by atoms with Crippen molar-refractivity contribution < 1.29 is 9.59 Å². The number of hydrogen-bond acceptors (Lipinski definition) is 4. The summed E-state index contributed by atoms with van der Waals surface area (Å²) in [5, 5.41) is 0. The van der Waals surface area contributed by atoms with E-state index in [0.29, 0.717) is 17.0 Å². The molecule has 2 heterocycles. The first-order chi connectivity index (χ1) is 13.9. The van der Waals surface area contributed by atoms with Gasteiger partial charge in [0.1, 0.15) is 5.70 Å².